The lowest BCUT2D eigenvalue weighted by Crippen LogP contribution is -2.42. The van der Waals surface area contributed by atoms with Crippen molar-refractivity contribution in [3.8, 4) is 0 Å². The summed E-state index contributed by atoms with van der Waals surface area (Å²) in [6, 6.07) is 9.52. The Morgan fingerprint density at radius 1 is 1.05 bits per heavy atom. The van der Waals surface area contributed by atoms with E-state index in [1.807, 2.05) is 37.3 Å². The van der Waals surface area contributed by atoms with Gasteiger partial charge in [-0.05, 0) is 25.0 Å². The van der Waals surface area contributed by atoms with Crippen LogP contribution in [0.1, 0.15) is 19.4 Å². The fraction of sp³-hybridized carbons (Fsp3) is 0.375. The molecule has 106 valence electrons. The van der Waals surface area contributed by atoms with Crippen molar-refractivity contribution in [2.45, 2.75) is 13.8 Å². The molecule has 0 saturated carbocycles. The van der Waals surface area contributed by atoms with Crippen LogP contribution in [0, 0.1) is 0 Å². The minimum absolute atomic E-state index is 0.192. The van der Waals surface area contributed by atoms with Crippen molar-refractivity contribution in [2.75, 3.05) is 26.3 Å². The van der Waals surface area contributed by atoms with Crippen LogP contribution < -0.4 is 0 Å². The molecule has 0 radical (unpaired) electrons. The Bertz CT molecular complexity index is 528. The molecule has 20 heavy (non-hydrogen) atoms. The molecule has 0 aliphatic carbocycles. The van der Waals surface area contributed by atoms with Gasteiger partial charge in [-0.1, -0.05) is 30.3 Å². The molecular formula is C16H19NO3. The molecule has 4 nitrogen and oxygen atoms in total. The maximum Gasteiger partial charge on any atom is 0.257 e. The van der Waals surface area contributed by atoms with E-state index in [1.165, 1.54) is 6.92 Å². The Labute approximate surface area is 119 Å². The molecule has 1 heterocycles. The first kappa shape index (κ1) is 14.5. The number of carbonyl (C=O) groups is 2. The summed E-state index contributed by atoms with van der Waals surface area (Å²) < 4.78 is 5.24. The third-order valence-corrected chi connectivity index (χ3v) is 3.45. The van der Waals surface area contributed by atoms with Crippen molar-refractivity contribution in [2.24, 2.45) is 0 Å². The van der Waals surface area contributed by atoms with Gasteiger partial charge in [0.25, 0.3) is 5.91 Å². The highest BCUT2D eigenvalue weighted by Gasteiger charge is 2.25. The Hall–Kier alpha value is -1.94. The van der Waals surface area contributed by atoms with Crippen molar-refractivity contribution >= 4 is 17.3 Å². The number of rotatable bonds is 3. The van der Waals surface area contributed by atoms with Crippen molar-refractivity contribution in [3.05, 3.63) is 41.5 Å². The maximum atomic E-state index is 12.5. The van der Waals surface area contributed by atoms with E-state index in [0.29, 0.717) is 26.3 Å². The third kappa shape index (κ3) is 3.14. The quantitative estimate of drug-likeness (QED) is 0.480. The molecule has 0 spiro atoms. The molecule has 0 bridgehead atoms. The number of carbonyl (C=O) groups excluding carboxylic acids is 2. The molecular weight excluding hydrogens is 254 g/mol. The molecule has 1 aliphatic heterocycles. The zero-order valence-electron chi connectivity index (χ0n) is 11.9. The first-order valence-corrected chi connectivity index (χ1v) is 6.75. The molecule has 1 amide bonds. The molecule has 1 saturated heterocycles. The van der Waals surface area contributed by atoms with Crippen LogP contribution in [0.5, 0.6) is 0 Å². The standard InChI is InChI=1S/C16H19NO3/c1-12(14-6-4-3-5-7-14)15(13(2)18)16(19)17-8-10-20-11-9-17/h3-7H,8-11H2,1-2H3/b15-12-. The summed E-state index contributed by atoms with van der Waals surface area (Å²) in [7, 11) is 0. The van der Waals surface area contributed by atoms with E-state index in [2.05, 4.69) is 0 Å². The van der Waals surface area contributed by atoms with E-state index in [9.17, 15) is 9.59 Å². The SMILES string of the molecule is CC(=O)/C(C(=O)N1CCOCC1)=C(\C)c1ccccc1. The van der Waals surface area contributed by atoms with Gasteiger partial charge in [-0.15, -0.1) is 0 Å². The van der Waals surface area contributed by atoms with Crippen molar-refractivity contribution in [1.29, 1.82) is 0 Å². The molecule has 0 atom stereocenters. The fourth-order valence-electron chi connectivity index (χ4n) is 2.33. The summed E-state index contributed by atoms with van der Waals surface area (Å²) in [6.45, 7) is 5.41. The number of benzene rings is 1. The highest BCUT2D eigenvalue weighted by molar-refractivity contribution is 6.23. The second-order valence-electron chi connectivity index (χ2n) is 4.83. The number of nitrogens with zero attached hydrogens (tertiary/aromatic N) is 1. The average molecular weight is 273 g/mol. The molecule has 0 aromatic heterocycles. The number of Topliss-reactive ketones (excluding diaryl/α,β-unsaturated/α-hetero) is 1. The summed E-state index contributed by atoms with van der Waals surface area (Å²) in [4.78, 5) is 26.1. The molecule has 0 unspecified atom stereocenters. The van der Waals surface area contributed by atoms with Gasteiger partial charge in [-0.3, -0.25) is 9.59 Å². The van der Waals surface area contributed by atoms with Gasteiger partial charge < -0.3 is 9.64 Å². The summed E-state index contributed by atoms with van der Waals surface area (Å²) in [5.41, 5.74) is 1.91. The lowest BCUT2D eigenvalue weighted by molar-refractivity contribution is -0.132. The number of allylic oxidation sites excluding steroid dienone is 1. The Kier molecular flexibility index (Phi) is 4.69. The molecule has 1 aromatic carbocycles. The summed E-state index contributed by atoms with van der Waals surface area (Å²) in [6.07, 6.45) is 0. The number of ketones is 1. The van der Waals surface area contributed by atoms with Crippen molar-refractivity contribution < 1.29 is 14.3 Å². The Balaban J connectivity index is 2.35. The van der Waals surface area contributed by atoms with Crippen LogP contribution >= 0.6 is 0 Å². The molecule has 1 aromatic rings. The zero-order valence-corrected chi connectivity index (χ0v) is 11.9. The molecule has 4 heteroatoms. The highest BCUT2D eigenvalue weighted by atomic mass is 16.5. The van der Waals surface area contributed by atoms with Gasteiger partial charge in [0.2, 0.25) is 0 Å². The first-order chi connectivity index (χ1) is 9.61. The highest BCUT2D eigenvalue weighted by Crippen LogP contribution is 2.21. The van der Waals surface area contributed by atoms with Crippen LogP contribution in [0.25, 0.3) is 5.57 Å². The number of morpholine rings is 1. The van der Waals surface area contributed by atoms with E-state index in [1.54, 1.807) is 4.90 Å². The van der Waals surface area contributed by atoms with E-state index in [4.69, 9.17) is 4.74 Å². The third-order valence-electron chi connectivity index (χ3n) is 3.45. The minimum Gasteiger partial charge on any atom is -0.378 e. The van der Waals surface area contributed by atoms with Crippen LogP contribution in [0.4, 0.5) is 0 Å². The lowest BCUT2D eigenvalue weighted by Gasteiger charge is -2.28. The second kappa shape index (κ2) is 6.48. The molecule has 1 fully saturated rings. The molecule has 0 N–H and O–H groups in total. The van der Waals surface area contributed by atoms with Crippen LogP contribution in [-0.4, -0.2) is 42.9 Å². The van der Waals surface area contributed by atoms with Crippen LogP contribution in [0.2, 0.25) is 0 Å². The van der Waals surface area contributed by atoms with Gasteiger partial charge in [-0.25, -0.2) is 0 Å². The van der Waals surface area contributed by atoms with Crippen molar-refractivity contribution in [1.82, 2.24) is 4.90 Å². The Morgan fingerprint density at radius 2 is 1.65 bits per heavy atom. The van der Waals surface area contributed by atoms with Crippen molar-refractivity contribution in [3.63, 3.8) is 0 Å². The minimum atomic E-state index is -0.192. The Morgan fingerprint density at radius 3 is 2.20 bits per heavy atom. The summed E-state index contributed by atoms with van der Waals surface area (Å²) >= 11 is 0. The number of ether oxygens (including phenoxy) is 1. The average Bonchev–Trinajstić information content (AvgIpc) is 2.48. The van der Waals surface area contributed by atoms with Gasteiger partial charge in [0.15, 0.2) is 5.78 Å². The second-order valence-corrected chi connectivity index (χ2v) is 4.83. The van der Waals surface area contributed by atoms with Crippen LogP contribution in [0.3, 0.4) is 0 Å². The van der Waals surface area contributed by atoms with Gasteiger partial charge in [-0.2, -0.15) is 0 Å². The number of hydrogen-bond donors (Lipinski definition) is 0. The van der Waals surface area contributed by atoms with Crippen LogP contribution in [-0.2, 0) is 14.3 Å². The summed E-state index contributed by atoms with van der Waals surface area (Å²) in [5.74, 6) is -0.384. The monoisotopic (exact) mass is 273 g/mol. The zero-order chi connectivity index (χ0) is 14.5. The van der Waals surface area contributed by atoms with E-state index < -0.39 is 0 Å². The maximum absolute atomic E-state index is 12.5. The number of hydrogen-bond acceptors (Lipinski definition) is 3. The predicted octanol–water partition coefficient (Wildman–Crippen LogP) is 1.91. The van der Waals surface area contributed by atoms with Gasteiger partial charge in [0, 0.05) is 13.1 Å². The van der Waals surface area contributed by atoms with Crippen LogP contribution in [0.15, 0.2) is 35.9 Å². The topological polar surface area (TPSA) is 46.6 Å². The van der Waals surface area contributed by atoms with E-state index >= 15 is 0 Å². The van der Waals surface area contributed by atoms with Gasteiger partial charge >= 0.3 is 0 Å². The lowest BCUT2D eigenvalue weighted by atomic mass is 9.98. The van der Waals surface area contributed by atoms with Gasteiger partial charge in [0.1, 0.15) is 0 Å². The molecule has 2 rings (SSSR count). The van der Waals surface area contributed by atoms with E-state index in [0.717, 1.165) is 11.1 Å². The summed E-state index contributed by atoms with van der Waals surface area (Å²) in [5, 5.41) is 0. The largest absolute Gasteiger partial charge is 0.378 e. The van der Waals surface area contributed by atoms with Gasteiger partial charge in [0.05, 0.1) is 18.8 Å². The number of amides is 1. The first-order valence-electron chi connectivity index (χ1n) is 6.75. The van der Waals surface area contributed by atoms with E-state index in [-0.39, 0.29) is 17.3 Å². The fourth-order valence-corrected chi connectivity index (χ4v) is 2.33. The predicted molar refractivity (Wildman–Crippen MR) is 77.1 cm³/mol. The molecule has 1 aliphatic rings. The normalized spacial score (nSPS) is 16.6. The smallest absolute Gasteiger partial charge is 0.257 e.